The highest BCUT2D eigenvalue weighted by Crippen LogP contribution is 2.32. The second-order valence-electron chi connectivity index (χ2n) is 6.92. The lowest BCUT2D eigenvalue weighted by atomic mass is 9.85. The number of amides is 1. The molecule has 3 aromatic rings. The van der Waals surface area contributed by atoms with Crippen LogP contribution in [0.2, 0.25) is 0 Å². The fourth-order valence-corrected chi connectivity index (χ4v) is 4.19. The van der Waals surface area contributed by atoms with Crippen molar-refractivity contribution in [2.45, 2.75) is 45.6 Å². The zero-order valence-electron chi connectivity index (χ0n) is 15.3. The van der Waals surface area contributed by atoms with E-state index in [1.165, 1.54) is 27.4 Å². The minimum absolute atomic E-state index is 0.0406. The number of hydrogen-bond donors (Lipinski definition) is 1. The summed E-state index contributed by atoms with van der Waals surface area (Å²) < 4.78 is 3.33. The molecule has 0 atom stereocenters. The van der Waals surface area contributed by atoms with Crippen LogP contribution in [-0.2, 0) is 18.3 Å². The number of halogens is 1. The summed E-state index contributed by atoms with van der Waals surface area (Å²) in [5.74, 6) is 0.0406. The number of aryl methyl sites for hydroxylation is 1. The van der Waals surface area contributed by atoms with Crippen LogP contribution in [0.25, 0.3) is 21.8 Å². The van der Waals surface area contributed by atoms with Crippen LogP contribution in [0.1, 0.15) is 39.2 Å². The summed E-state index contributed by atoms with van der Waals surface area (Å²) in [5.41, 5.74) is 3.55. The Bertz CT molecular complexity index is 938. The predicted octanol–water partition coefficient (Wildman–Crippen LogP) is 5.33. The summed E-state index contributed by atoms with van der Waals surface area (Å²) in [6.45, 7) is 5.89. The average Bonchev–Trinajstić information content (AvgIpc) is 2.85. The molecule has 0 saturated carbocycles. The Morgan fingerprint density at radius 2 is 1.68 bits per heavy atom. The van der Waals surface area contributed by atoms with E-state index in [4.69, 9.17) is 0 Å². The molecule has 1 aromatic heterocycles. The second kappa shape index (κ2) is 6.83. The zero-order valence-corrected chi connectivity index (χ0v) is 16.9. The van der Waals surface area contributed by atoms with Crippen molar-refractivity contribution in [3.63, 3.8) is 0 Å². The normalized spacial score (nSPS) is 12.0. The molecule has 0 aliphatic rings. The average molecular weight is 401 g/mol. The van der Waals surface area contributed by atoms with Crippen LogP contribution in [0.15, 0.2) is 40.9 Å². The highest BCUT2D eigenvalue weighted by Gasteiger charge is 2.27. The van der Waals surface area contributed by atoms with Crippen LogP contribution in [0.3, 0.4) is 0 Å². The third-order valence-corrected chi connectivity index (χ3v) is 5.86. The molecule has 0 aliphatic carbocycles. The fourth-order valence-electron chi connectivity index (χ4n) is 3.83. The van der Waals surface area contributed by atoms with Gasteiger partial charge in [0.2, 0.25) is 5.91 Å². The van der Waals surface area contributed by atoms with Crippen molar-refractivity contribution in [1.29, 1.82) is 0 Å². The summed E-state index contributed by atoms with van der Waals surface area (Å²) in [6.07, 6.45) is 2.68. The van der Waals surface area contributed by atoms with Crippen molar-refractivity contribution in [1.82, 2.24) is 9.88 Å². The number of fused-ring (bicyclic) bond motifs is 3. The third-order valence-electron chi connectivity index (χ3n) is 5.37. The van der Waals surface area contributed by atoms with E-state index in [1.807, 2.05) is 0 Å². The summed E-state index contributed by atoms with van der Waals surface area (Å²) in [4.78, 5) is 11.7. The van der Waals surface area contributed by atoms with Gasteiger partial charge < -0.3 is 9.88 Å². The topological polar surface area (TPSA) is 34.0 Å². The van der Waals surface area contributed by atoms with Gasteiger partial charge in [-0.15, -0.1) is 0 Å². The maximum atomic E-state index is 11.7. The molecular formula is C21H25BrN2O. The van der Waals surface area contributed by atoms with E-state index in [-0.39, 0.29) is 11.4 Å². The highest BCUT2D eigenvalue weighted by molar-refractivity contribution is 9.10. The first-order chi connectivity index (χ1) is 11.9. The number of nitrogens with zero attached hydrogens (tertiary/aromatic N) is 1. The molecule has 0 spiro atoms. The maximum Gasteiger partial charge on any atom is 0.217 e. The first kappa shape index (κ1) is 18.0. The molecule has 0 aliphatic heterocycles. The lowest BCUT2D eigenvalue weighted by molar-refractivity contribution is -0.121. The SMILES string of the molecule is CCC(CC)(Cc1ccc2c(c1)c1cc(Br)ccc1n2C)NC(C)=O. The quantitative estimate of drug-likeness (QED) is 0.616. The van der Waals surface area contributed by atoms with Crippen LogP contribution in [0.4, 0.5) is 0 Å². The molecule has 4 heteroatoms. The van der Waals surface area contributed by atoms with Gasteiger partial charge in [0, 0.05) is 45.8 Å². The van der Waals surface area contributed by atoms with Gasteiger partial charge in [0.25, 0.3) is 0 Å². The number of hydrogen-bond acceptors (Lipinski definition) is 1. The Labute approximate surface area is 157 Å². The molecule has 0 fully saturated rings. The Morgan fingerprint density at radius 3 is 2.28 bits per heavy atom. The van der Waals surface area contributed by atoms with Crippen LogP contribution < -0.4 is 5.32 Å². The second-order valence-corrected chi connectivity index (χ2v) is 7.83. The summed E-state index contributed by atoms with van der Waals surface area (Å²) in [5, 5.41) is 5.71. The highest BCUT2D eigenvalue weighted by atomic mass is 79.9. The van der Waals surface area contributed by atoms with Crippen LogP contribution in [-0.4, -0.2) is 16.0 Å². The zero-order chi connectivity index (χ0) is 18.2. The Hall–Kier alpha value is -1.81. The van der Waals surface area contributed by atoms with E-state index in [1.54, 1.807) is 6.92 Å². The van der Waals surface area contributed by atoms with Gasteiger partial charge in [-0.2, -0.15) is 0 Å². The van der Waals surface area contributed by atoms with Crippen LogP contribution in [0.5, 0.6) is 0 Å². The number of carbonyl (C=O) groups is 1. The van der Waals surface area contributed by atoms with E-state index in [0.29, 0.717) is 0 Å². The van der Waals surface area contributed by atoms with Crippen LogP contribution >= 0.6 is 15.9 Å². The fraction of sp³-hybridized carbons (Fsp3) is 0.381. The lowest BCUT2D eigenvalue weighted by Gasteiger charge is -2.33. The number of aromatic nitrogens is 1. The summed E-state index contributed by atoms with van der Waals surface area (Å²) >= 11 is 3.59. The summed E-state index contributed by atoms with van der Waals surface area (Å²) in [7, 11) is 2.11. The third kappa shape index (κ3) is 3.32. The first-order valence-electron chi connectivity index (χ1n) is 8.84. The number of carbonyl (C=O) groups excluding carboxylic acids is 1. The lowest BCUT2D eigenvalue weighted by Crippen LogP contribution is -2.48. The van der Waals surface area contributed by atoms with E-state index >= 15 is 0 Å². The Kier molecular flexibility index (Phi) is 4.92. The minimum Gasteiger partial charge on any atom is -0.351 e. The van der Waals surface area contributed by atoms with Crippen molar-refractivity contribution in [3.05, 3.63) is 46.4 Å². The molecule has 0 bridgehead atoms. The van der Waals surface area contributed by atoms with E-state index in [0.717, 1.165) is 23.7 Å². The Balaban J connectivity index is 2.10. The molecule has 0 saturated heterocycles. The van der Waals surface area contributed by atoms with Crippen molar-refractivity contribution in [2.24, 2.45) is 7.05 Å². The molecule has 2 aromatic carbocycles. The monoisotopic (exact) mass is 400 g/mol. The number of nitrogens with one attached hydrogen (secondary N) is 1. The predicted molar refractivity (Wildman–Crippen MR) is 109 cm³/mol. The van der Waals surface area contributed by atoms with E-state index < -0.39 is 0 Å². The largest absolute Gasteiger partial charge is 0.351 e. The molecule has 132 valence electrons. The van der Waals surface area contributed by atoms with Gasteiger partial charge in [-0.1, -0.05) is 35.8 Å². The number of benzene rings is 2. The van der Waals surface area contributed by atoms with Gasteiger partial charge in [-0.05, 0) is 55.2 Å². The molecule has 1 amide bonds. The number of rotatable bonds is 5. The van der Waals surface area contributed by atoms with Crippen molar-refractivity contribution in [3.8, 4) is 0 Å². The van der Waals surface area contributed by atoms with Gasteiger partial charge in [-0.25, -0.2) is 0 Å². The van der Waals surface area contributed by atoms with Crippen molar-refractivity contribution in [2.75, 3.05) is 0 Å². The standard InChI is InChI=1S/C21H25BrN2O/c1-5-21(6-2,23-14(3)25)13-15-7-9-19-17(11-15)18-12-16(22)8-10-20(18)24(19)4/h7-12H,5-6,13H2,1-4H3,(H,23,25). The molecule has 25 heavy (non-hydrogen) atoms. The molecular weight excluding hydrogens is 376 g/mol. The maximum absolute atomic E-state index is 11.7. The van der Waals surface area contributed by atoms with E-state index in [2.05, 4.69) is 83.1 Å². The van der Waals surface area contributed by atoms with Crippen molar-refractivity contribution < 1.29 is 4.79 Å². The van der Waals surface area contributed by atoms with E-state index in [9.17, 15) is 4.79 Å². The van der Waals surface area contributed by atoms with Gasteiger partial charge >= 0.3 is 0 Å². The summed E-state index contributed by atoms with van der Waals surface area (Å²) in [6, 6.07) is 13.1. The van der Waals surface area contributed by atoms with Gasteiger partial charge in [-0.3, -0.25) is 4.79 Å². The van der Waals surface area contributed by atoms with Gasteiger partial charge in [0.05, 0.1) is 0 Å². The molecule has 3 nitrogen and oxygen atoms in total. The molecule has 1 N–H and O–H groups in total. The molecule has 0 radical (unpaired) electrons. The van der Waals surface area contributed by atoms with Crippen molar-refractivity contribution >= 4 is 43.6 Å². The van der Waals surface area contributed by atoms with Gasteiger partial charge in [0.15, 0.2) is 0 Å². The minimum atomic E-state index is -0.176. The Morgan fingerprint density at radius 1 is 1.08 bits per heavy atom. The molecule has 1 heterocycles. The van der Waals surface area contributed by atoms with Gasteiger partial charge in [0.1, 0.15) is 0 Å². The molecule has 0 unspecified atom stereocenters. The smallest absolute Gasteiger partial charge is 0.217 e. The first-order valence-corrected chi connectivity index (χ1v) is 9.64. The molecule has 3 rings (SSSR count). The van der Waals surface area contributed by atoms with Crippen LogP contribution in [0, 0.1) is 0 Å².